The molecule has 1 unspecified atom stereocenters. The van der Waals surface area contributed by atoms with Gasteiger partial charge in [0.05, 0.1) is 6.42 Å². The molecule has 2 aromatic rings. The van der Waals surface area contributed by atoms with Gasteiger partial charge < -0.3 is 9.53 Å². The van der Waals surface area contributed by atoms with Crippen LogP contribution in [0.15, 0.2) is 36.4 Å². The van der Waals surface area contributed by atoms with Gasteiger partial charge in [-0.15, -0.1) is 0 Å². The molecule has 1 atom stereocenters. The lowest BCUT2D eigenvalue weighted by molar-refractivity contribution is -0.136. The first-order valence-electron chi connectivity index (χ1n) is 11.8. The molecule has 4 heteroatoms. The lowest BCUT2D eigenvalue weighted by atomic mass is 9.73. The number of hydrogen-bond acceptors (Lipinski definition) is 2. The summed E-state index contributed by atoms with van der Waals surface area (Å²) in [5, 5.41) is 11.4. The summed E-state index contributed by atoms with van der Waals surface area (Å²) < 4.78 is 5.65. The highest BCUT2D eigenvalue weighted by Crippen LogP contribution is 2.40. The average Bonchev–Trinajstić information content (AvgIpc) is 2.68. The minimum absolute atomic E-state index is 0.0595. The maximum atomic E-state index is 11.1. The highest BCUT2D eigenvalue weighted by atomic mass is 28.2. The third-order valence-electron chi connectivity index (χ3n) is 6.56. The van der Waals surface area contributed by atoms with Gasteiger partial charge in [0, 0.05) is 5.60 Å². The largest absolute Gasteiger partial charge is 0.481 e. The predicted molar refractivity (Wildman–Crippen MR) is 135 cm³/mol. The van der Waals surface area contributed by atoms with E-state index in [1.807, 2.05) is 18.2 Å². The van der Waals surface area contributed by atoms with Gasteiger partial charge in [-0.2, -0.15) is 0 Å². The topological polar surface area (TPSA) is 46.5 Å². The van der Waals surface area contributed by atoms with Gasteiger partial charge in [-0.05, 0) is 59.9 Å². The van der Waals surface area contributed by atoms with E-state index in [2.05, 4.69) is 52.8 Å². The number of carboxylic acid groups (broad SMARTS) is 1. The Hall–Kier alpha value is -1.65. The molecule has 0 heterocycles. The molecule has 0 fully saturated rings. The summed E-state index contributed by atoms with van der Waals surface area (Å²) in [6.07, 6.45) is 8.79. The Morgan fingerprint density at radius 1 is 0.935 bits per heavy atom. The van der Waals surface area contributed by atoms with E-state index < -0.39 is 5.97 Å². The first-order valence-corrected chi connectivity index (χ1v) is 12.6. The second-order valence-electron chi connectivity index (χ2n) is 10.7. The van der Waals surface area contributed by atoms with Gasteiger partial charge in [-0.3, -0.25) is 4.79 Å². The van der Waals surface area contributed by atoms with Crippen molar-refractivity contribution in [3.63, 3.8) is 0 Å². The number of carbonyl (C=O) groups is 1. The molecule has 172 valence electrons. The van der Waals surface area contributed by atoms with Gasteiger partial charge in [0.2, 0.25) is 0 Å². The molecule has 0 saturated heterocycles. The van der Waals surface area contributed by atoms with Crippen molar-refractivity contribution < 1.29 is 14.3 Å². The molecule has 0 aliphatic heterocycles. The van der Waals surface area contributed by atoms with Crippen LogP contribution in [0.4, 0.5) is 0 Å². The van der Waals surface area contributed by atoms with Crippen LogP contribution in [-0.4, -0.2) is 27.2 Å². The fourth-order valence-corrected chi connectivity index (χ4v) is 4.65. The van der Waals surface area contributed by atoms with Crippen LogP contribution in [-0.2, 0) is 15.6 Å². The van der Waals surface area contributed by atoms with E-state index in [1.165, 1.54) is 49.5 Å². The van der Waals surface area contributed by atoms with Crippen LogP contribution in [0.1, 0.15) is 96.6 Å². The summed E-state index contributed by atoms with van der Waals surface area (Å²) in [5.41, 5.74) is 2.49. The number of aliphatic carboxylic acids is 1. The van der Waals surface area contributed by atoms with Crippen molar-refractivity contribution in [2.24, 2.45) is 5.41 Å². The summed E-state index contributed by atoms with van der Waals surface area (Å²) in [6, 6.07) is 12.7. The number of rotatable bonds is 12. The Morgan fingerprint density at radius 3 is 2.23 bits per heavy atom. The Balaban J connectivity index is 1.99. The van der Waals surface area contributed by atoms with Crippen LogP contribution in [0, 0.1) is 5.41 Å². The normalized spacial score (nSPS) is 13.6. The molecule has 0 aromatic heterocycles. The first kappa shape index (κ1) is 25.6. The summed E-state index contributed by atoms with van der Waals surface area (Å²) >= 11 is 0. The quantitative estimate of drug-likeness (QED) is 0.305. The fourth-order valence-electron chi connectivity index (χ4n) is 4.45. The molecule has 0 radical (unpaired) electrons. The van der Waals surface area contributed by atoms with Crippen LogP contribution in [0.2, 0.25) is 0 Å². The number of carboxylic acids is 1. The molecule has 0 amide bonds. The van der Waals surface area contributed by atoms with Crippen molar-refractivity contribution >= 4 is 27.2 Å². The van der Waals surface area contributed by atoms with Gasteiger partial charge in [-0.1, -0.05) is 89.3 Å². The van der Waals surface area contributed by atoms with E-state index in [1.54, 1.807) is 0 Å². The Kier molecular flexibility index (Phi) is 9.32. The van der Waals surface area contributed by atoms with E-state index in [4.69, 9.17) is 9.53 Å². The van der Waals surface area contributed by atoms with Gasteiger partial charge in [0.25, 0.3) is 0 Å². The zero-order valence-corrected chi connectivity index (χ0v) is 22.5. The van der Waals surface area contributed by atoms with E-state index in [0.717, 1.165) is 27.9 Å². The second kappa shape index (κ2) is 11.3. The van der Waals surface area contributed by atoms with Gasteiger partial charge in [-0.25, -0.2) is 0 Å². The van der Waals surface area contributed by atoms with Crippen LogP contribution in [0.5, 0.6) is 0 Å². The molecule has 3 nitrogen and oxygen atoms in total. The summed E-state index contributed by atoms with van der Waals surface area (Å²) in [5.74, 6) is -0.284. The first-order chi connectivity index (χ1) is 14.5. The summed E-state index contributed by atoms with van der Waals surface area (Å²) in [4.78, 5) is 11.1. The van der Waals surface area contributed by atoms with Crippen LogP contribution >= 0.6 is 0 Å². The van der Waals surface area contributed by atoms with E-state index in [0.29, 0.717) is 5.92 Å². The Bertz CT molecular complexity index is 851. The molecule has 2 aromatic carbocycles. The second-order valence-corrected chi connectivity index (χ2v) is 11.1. The summed E-state index contributed by atoms with van der Waals surface area (Å²) in [6.45, 7) is 11.4. The van der Waals surface area contributed by atoms with E-state index in [-0.39, 0.29) is 17.4 Å². The molecule has 2 rings (SSSR count). The van der Waals surface area contributed by atoms with Crippen molar-refractivity contribution in [2.75, 3.05) is 0 Å². The Labute approximate surface area is 192 Å². The molecular formula is C27H42O3Si. The third kappa shape index (κ3) is 8.42. The maximum Gasteiger partial charge on any atom is 0.307 e. The van der Waals surface area contributed by atoms with Gasteiger partial charge in [0.15, 0.2) is 0 Å². The zero-order chi connectivity index (χ0) is 23.1. The number of benzene rings is 2. The zero-order valence-electron chi connectivity index (χ0n) is 20.5. The van der Waals surface area contributed by atoms with Crippen molar-refractivity contribution in [1.82, 2.24) is 0 Å². The molecule has 0 bridgehead atoms. The smallest absolute Gasteiger partial charge is 0.307 e. The summed E-state index contributed by atoms with van der Waals surface area (Å²) in [7, 11) is 0.815. The molecule has 31 heavy (non-hydrogen) atoms. The molecule has 0 saturated carbocycles. The highest BCUT2D eigenvalue weighted by molar-refractivity contribution is 5.98. The molecular weight excluding hydrogens is 400 g/mol. The van der Waals surface area contributed by atoms with Crippen molar-refractivity contribution in [1.29, 1.82) is 0 Å². The maximum absolute atomic E-state index is 11.1. The van der Waals surface area contributed by atoms with Crippen molar-refractivity contribution in [3.8, 4) is 0 Å². The van der Waals surface area contributed by atoms with Gasteiger partial charge in [0.1, 0.15) is 10.5 Å². The van der Waals surface area contributed by atoms with Crippen LogP contribution < -0.4 is 0 Å². The van der Waals surface area contributed by atoms with Crippen LogP contribution in [0.3, 0.4) is 0 Å². The average molecular weight is 443 g/mol. The predicted octanol–water partition coefficient (Wildman–Crippen LogP) is 6.40. The van der Waals surface area contributed by atoms with E-state index in [9.17, 15) is 4.79 Å². The number of fused-ring (bicyclic) bond motifs is 1. The van der Waals surface area contributed by atoms with E-state index >= 15 is 0 Å². The lowest BCUT2D eigenvalue weighted by Gasteiger charge is -2.31. The number of hydrogen-bond donors (Lipinski definition) is 1. The minimum Gasteiger partial charge on any atom is -0.481 e. The minimum atomic E-state index is -0.782. The van der Waals surface area contributed by atoms with Crippen LogP contribution in [0.25, 0.3) is 10.8 Å². The number of unbranched alkanes of at least 4 members (excludes halogenated alkanes) is 4. The monoisotopic (exact) mass is 442 g/mol. The van der Waals surface area contributed by atoms with Crippen molar-refractivity contribution in [2.45, 2.75) is 97.5 Å². The lowest BCUT2D eigenvalue weighted by Crippen LogP contribution is -2.22. The van der Waals surface area contributed by atoms with Gasteiger partial charge >= 0.3 is 5.97 Å². The third-order valence-corrected chi connectivity index (χ3v) is 7.66. The Morgan fingerprint density at radius 2 is 1.58 bits per heavy atom. The SMILES string of the molecule is CC(C)(CCCCCCCC(c1ccc2ccc(CC(=O)O)cc2c1)C(C)(C)C)O[SiH3]. The molecule has 0 aliphatic rings. The van der Waals surface area contributed by atoms with Crippen molar-refractivity contribution in [3.05, 3.63) is 47.5 Å². The molecule has 0 spiro atoms. The standard InChI is InChI=1S/C27H42O3Si/c1-26(2,3)24(11-9-7-6-8-10-16-27(4,5)30-31)22-15-14-21-13-12-20(18-25(28)29)17-23(21)19-22/h12-15,17,19,24H,6-11,16,18H2,1-5,31H3,(H,28,29). The fraction of sp³-hybridized carbons (Fsp3) is 0.593. The molecule has 0 aliphatic carbocycles. The highest BCUT2D eigenvalue weighted by Gasteiger charge is 2.26. The molecule has 1 N–H and O–H groups in total.